The topological polar surface area (TPSA) is 198 Å². The van der Waals surface area contributed by atoms with Gasteiger partial charge in [0, 0.05) is 54.2 Å². The Bertz CT molecular complexity index is 1060. The van der Waals surface area contributed by atoms with E-state index in [0.29, 0.717) is 0 Å². The van der Waals surface area contributed by atoms with Crippen LogP contribution in [0.1, 0.15) is 48.0 Å². The molecule has 0 unspecified atom stereocenters. The van der Waals surface area contributed by atoms with Crippen LogP contribution in [0.25, 0.3) is 0 Å². The van der Waals surface area contributed by atoms with Gasteiger partial charge in [0.05, 0.1) is 6.10 Å². The van der Waals surface area contributed by atoms with E-state index in [2.05, 4.69) is 5.16 Å². The first kappa shape index (κ1) is 34.2. The highest BCUT2D eigenvalue weighted by molar-refractivity contribution is 5.69. The van der Waals surface area contributed by atoms with Crippen LogP contribution in [0.5, 0.6) is 0 Å². The van der Waals surface area contributed by atoms with Crippen molar-refractivity contribution >= 4 is 42.0 Å². The summed E-state index contributed by atoms with van der Waals surface area (Å²) in [6.07, 6.45) is -4.35. The van der Waals surface area contributed by atoms with Gasteiger partial charge in [0.15, 0.2) is 12.2 Å². The summed E-state index contributed by atoms with van der Waals surface area (Å²) in [4.78, 5) is 75.1. The average Bonchev–Trinajstić information content (AvgIpc) is 2.87. The summed E-state index contributed by atoms with van der Waals surface area (Å²) < 4.78 is 42.8. The molecule has 0 saturated carbocycles. The molecule has 0 spiro atoms. The Balaban J connectivity index is 2.21. The maximum Gasteiger partial charge on any atom is 0.303 e. The molecule has 234 valence electrons. The van der Waals surface area contributed by atoms with Gasteiger partial charge in [-0.3, -0.25) is 28.8 Å². The van der Waals surface area contributed by atoms with Gasteiger partial charge in [0.1, 0.15) is 31.5 Å². The minimum atomic E-state index is -1.49. The Hall–Kier alpha value is -4.05. The van der Waals surface area contributed by atoms with Crippen LogP contribution in [-0.2, 0) is 71.5 Å². The van der Waals surface area contributed by atoms with Crippen molar-refractivity contribution in [1.82, 2.24) is 0 Å². The zero-order valence-corrected chi connectivity index (χ0v) is 24.0. The van der Waals surface area contributed by atoms with Crippen LogP contribution >= 0.6 is 0 Å². The molecule has 0 aromatic carbocycles. The van der Waals surface area contributed by atoms with Crippen LogP contribution in [0, 0.1) is 0 Å². The summed E-state index contributed by atoms with van der Waals surface area (Å²) in [6.45, 7) is 6.34. The molecular formula is C26H35NO15. The standard InChI is InChI=1S/C26H35NO15/c1-13(28)34-11-21-20(36-15(3)30)8-7-19(40-21)9-10-27-42-26-25(39-18(6)33)24(38-17(5)32)23(37-16(4)31)22(41-26)12-35-14(2)29/h7-8,10,19-26H,9,11-12H2,1-6H3/t19-,20-,21+,22+,23+,24-,25+,26-/m0/s1. The molecule has 8 atom stereocenters. The van der Waals surface area contributed by atoms with Crippen molar-refractivity contribution in [3.63, 3.8) is 0 Å². The van der Waals surface area contributed by atoms with Gasteiger partial charge in [-0.05, 0) is 6.08 Å². The lowest BCUT2D eigenvalue weighted by Crippen LogP contribution is -2.62. The summed E-state index contributed by atoms with van der Waals surface area (Å²) >= 11 is 0. The summed E-state index contributed by atoms with van der Waals surface area (Å²) in [7, 11) is 0. The van der Waals surface area contributed by atoms with E-state index in [-0.39, 0.29) is 13.0 Å². The lowest BCUT2D eigenvalue weighted by molar-refractivity contribution is -0.308. The number of esters is 6. The molecule has 2 heterocycles. The van der Waals surface area contributed by atoms with E-state index in [1.807, 2.05) is 0 Å². The molecular weight excluding hydrogens is 566 g/mol. The number of ether oxygens (including phenoxy) is 8. The van der Waals surface area contributed by atoms with Crippen LogP contribution in [0.3, 0.4) is 0 Å². The summed E-state index contributed by atoms with van der Waals surface area (Å²) in [5, 5.41) is 3.86. The SMILES string of the molecule is CC(=O)OC[C@H]1O[C@@H](ON=CC[C@@H]2C=C[C@H](OC(C)=O)[C@@H](COC(C)=O)O2)[C@H](OC(C)=O)[C@@H](OC(C)=O)[C@@H]1OC(C)=O. The van der Waals surface area contributed by atoms with E-state index < -0.39 is 91.4 Å². The summed E-state index contributed by atoms with van der Waals surface area (Å²) in [6, 6.07) is 0. The number of hydrogen-bond donors (Lipinski definition) is 0. The molecule has 2 rings (SSSR count). The van der Waals surface area contributed by atoms with Gasteiger partial charge >= 0.3 is 35.8 Å². The lowest BCUT2D eigenvalue weighted by Gasteiger charge is -2.42. The Morgan fingerprint density at radius 2 is 1.17 bits per heavy atom. The fourth-order valence-corrected chi connectivity index (χ4v) is 4.00. The van der Waals surface area contributed by atoms with Crippen molar-refractivity contribution in [3.8, 4) is 0 Å². The second-order valence-electron chi connectivity index (χ2n) is 9.17. The van der Waals surface area contributed by atoms with Crippen LogP contribution in [0.2, 0.25) is 0 Å². The molecule has 0 aliphatic carbocycles. The molecule has 0 N–H and O–H groups in total. The Kier molecular flexibility index (Phi) is 13.3. The van der Waals surface area contributed by atoms with Gasteiger partial charge in [0.25, 0.3) is 6.29 Å². The highest BCUT2D eigenvalue weighted by Crippen LogP contribution is 2.30. The van der Waals surface area contributed by atoms with Crippen LogP contribution < -0.4 is 0 Å². The molecule has 16 heteroatoms. The minimum Gasteiger partial charge on any atom is -0.463 e. The first-order chi connectivity index (χ1) is 19.8. The fraction of sp³-hybridized carbons (Fsp3) is 0.654. The fourth-order valence-electron chi connectivity index (χ4n) is 4.00. The summed E-state index contributed by atoms with van der Waals surface area (Å²) in [5.74, 6) is -4.09. The molecule has 0 amide bonds. The van der Waals surface area contributed by atoms with Crippen molar-refractivity contribution in [2.24, 2.45) is 5.16 Å². The number of carbonyl (C=O) groups is 6. The molecule has 2 aliphatic rings. The van der Waals surface area contributed by atoms with E-state index in [4.69, 9.17) is 42.7 Å². The third-order valence-electron chi connectivity index (χ3n) is 5.51. The molecule has 0 aromatic heterocycles. The number of hydrogen-bond acceptors (Lipinski definition) is 16. The number of carbonyl (C=O) groups excluding carboxylic acids is 6. The molecule has 16 nitrogen and oxygen atoms in total. The highest BCUT2D eigenvalue weighted by atomic mass is 16.8. The molecule has 2 aliphatic heterocycles. The molecule has 0 aromatic rings. The number of rotatable bonds is 12. The van der Waals surface area contributed by atoms with E-state index >= 15 is 0 Å². The van der Waals surface area contributed by atoms with E-state index in [1.165, 1.54) is 20.1 Å². The highest BCUT2D eigenvalue weighted by Gasteiger charge is 2.53. The van der Waals surface area contributed by atoms with Crippen LogP contribution in [0.15, 0.2) is 17.3 Å². The minimum absolute atomic E-state index is 0.130. The predicted molar refractivity (Wildman–Crippen MR) is 136 cm³/mol. The molecule has 0 bridgehead atoms. The van der Waals surface area contributed by atoms with E-state index in [9.17, 15) is 28.8 Å². The van der Waals surface area contributed by atoms with Gasteiger partial charge < -0.3 is 42.7 Å². The summed E-state index contributed by atoms with van der Waals surface area (Å²) in [5.41, 5.74) is 0. The zero-order chi connectivity index (χ0) is 31.4. The normalized spacial score (nSPS) is 28.7. The maximum absolute atomic E-state index is 11.9. The molecule has 42 heavy (non-hydrogen) atoms. The molecule has 0 radical (unpaired) electrons. The average molecular weight is 602 g/mol. The maximum atomic E-state index is 11.9. The predicted octanol–water partition coefficient (Wildman–Crippen LogP) is 0.280. The van der Waals surface area contributed by atoms with Crippen molar-refractivity contribution in [2.75, 3.05) is 13.2 Å². The monoisotopic (exact) mass is 601 g/mol. The van der Waals surface area contributed by atoms with Crippen molar-refractivity contribution < 1.29 is 71.5 Å². The van der Waals surface area contributed by atoms with Gasteiger partial charge in [-0.25, -0.2) is 0 Å². The van der Waals surface area contributed by atoms with Crippen molar-refractivity contribution in [1.29, 1.82) is 0 Å². The van der Waals surface area contributed by atoms with Gasteiger partial charge in [0.2, 0.25) is 6.10 Å². The molecule has 1 fully saturated rings. The Morgan fingerprint density at radius 1 is 0.643 bits per heavy atom. The first-order valence-corrected chi connectivity index (χ1v) is 12.9. The van der Waals surface area contributed by atoms with E-state index in [1.54, 1.807) is 12.2 Å². The lowest BCUT2D eigenvalue weighted by atomic mass is 9.98. The third kappa shape index (κ3) is 11.4. The Morgan fingerprint density at radius 3 is 1.71 bits per heavy atom. The van der Waals surface area contributed by atoms with Gasteiger partial charge in [-0.1, -0.05) is 11.2 Å². The largest absolute Gasteiger partial charge is 0.463 e. The van der Waals surface area contributed by atoms with Crippen LogP contribution in [-0.4, -0.2) is 104 Å². The number of oxime groups is 1. The second-order valence-corrected chi connectivity index (χ2v) is 9.17. The van der Waals surface area contributed by atoms with Crippen LogP contribution in [0.4, 0.5) is 0 Å². The number of nitrogens with zero attached hydrogens (tertiary/aromatic N) is 1. The first-order valence-electron chi connectivity index (χ1n) is 12.9. The van der Waals surface area contributed by atoms with Gasteiger partial charge in [-0.15, -0.1) is 0 Å². The second kappa shape index (κ2) is 16.4. The van der Waals surface area contributed by atoms with Gasteiger partial charge in [-0.2, -0.15) is 0 Å². The molecule has 1 saturated heterocycles. The van der Waals surface area contributed by atoms with Crippen molar-refractivity contribution in [2.45, 2.75) is 97.0 Å². The van der Waals surface area contributed by atoms with Crippen molar-refractivity contribution in [3.05, 3.63) is 12.2 Å². The smallest absolute Gasteiger partial charge is 0.303 e. The Labute approximate surface area is 241 Å². The third-order valence-corrected chi connectivity index (χ3v) is 5.51. The quantitative estimate of drug-likeness (QED) is 0.0971. The zero-order valence-electron chi connectivity index (χ0n) is 24.0. The van der Waals surface area contributed by atoms with E-state index in [0.717, 1.165) is 27.7 Å².